The highest BCUT2D eigenvalue weighted by Gasteiger charge is 2.40. The predicted molar refractivity (Wildman–Crippen MR) is 107 cm³/mol. The van der Waals surface area contributed by atoms with Gasteiger partial charge < -0.3 is 19.0 Å². The van der Waals surface area contributed by atoms with Crippen molar-refractivity contribution in [3.63, 3.8) is 0 Å². The van der Waals surface area contributed by atoms with Crippen molar-refractivity contribution < 1.29 is 19.0 Å². The third-order valence-electron chi connectivity index (χ3n) is 5.57. The molecule has 0 bridgehead atoms. The summed E-state index contributed by atoms with van der Waals surface area (Å²) in [5.74, 6) is 2.18. The standard InChI is InChI=1S/C23H30O4/c1-15(9-19-10-16(2)14-26-19)7-6-8-23(4,25-5)22-13-18-12-20(24)17(3)11-21(18)27-22/h7,10-12,14,22,24H,6,8-9,13H2,1-5H3. The average Bonchev–Trinajstić information content (AvgIpc) is 3.21. The van der Waals surface area contributed by atoms with Crippen LogP contribution in [0, 0.1) is 13.8 Å². The Balaban J connectivity index is 1.61. The molecule has 1 aromatic heterocycles. The van der Waals surface area contributed by atoms with E-state index in [2.05, 4.69) is 26.0 Å². The van der Waals surface area contributed by atoms with E-state index in [1.54, 1.807) is 13.4 Å². The average molecular weight is 370 g/mol. The van der Waals surface area contributed by atoms with Crippen LogP contribution >= 0.6 is 0 Å². The van der Waals surface area contributed by atoms with Crippen LogP contribution in [0.3, 0.4) is 0 Å². The molecule has 27 heavy (non-hydrogen) atoms. The Labute approximate surface area is 161 Å². The lowest BCUT2D eigenvalue weighted by atomic mass is 9.89. The normalized spacial score (nSPS) is 18.9. The van der Waals surface area contributed by atoms with E-state index < -0.39 is 0 Å². The van der Waals surface area contributed by atoms with Crippen LogP contribution < -0.4 is 4.74 Å². The molecule has 1 aromatic carbocycles. The summed E-state index contributed by atoms with van der Waals surface area (Å²) in [5.41, 5.74) is 3.94. The first-order chi connectivity index (χ1) is 12.8. The molecule has 1 aliphatic heterocycles. The number of phenols is 1. The first kappa shape index (κ1) is 19.6. The maximum Gasteiger partial charge on any atom is 0.131 e. The van der Waals surface area contributed by atoms with Crippen LogP contribution in [-0.2, 0) is 17.6 Å². The number of rotatable bonds is 7. The molecular formula is C23H30O4. The van der Waals surface area contributed by atoms with Crippen LogP contribution in [-0.4, -0.2) is 23.9 Å². The van der Waals surface area contributed by atoms with Gasteiger partial charge in [0.1, 0.15) is 29.0 Å². The van der Waals surface area contributed by atoms with Gasteiger partial charge in [0.2, 0.25) is 0 Å². The van der Waals surface area contributed by atoms with Crippen molar-refractivity contribution >= 4 is 0 Å². The molecule has 2 heterocycles. The maximum atomic E-state index is 9.95. The SMILES string of the molecule is COC(C)(CCC=C(C)Cc1cc(C)co1)C1Cc2cc(O)c(C)cc2O1. The number of fused-ring (bicyclic) bond motifs is 1. The summed E-state index contributed by atoms with van der Waals surface area (Å²) in [7, 11) is 1.75. The second kappa shape index (κ2) is 7.81. The Morgan fingerprint density at radius 2 is 2.11 bits per heavy atom. The summed E-state index contributed by atoms with van der Waals surface area (Å²) in [6.45, 7) is 8.16. The number of hydrogen-bond acceptors (Lipinski definition) is 4. The lowest BCUT2D eigenvalue weighted by Gasteiger charge is -2.33. The minimum absolute atomic E-state index is 0.0554. The van der Waals surface area contributed by atoms with Crippen LogP contribution in [0.5, 0.6) is 11.5 Å². The number of benzene rings is 1. The zero-order chi connectivity index (χ0) is 19.6. The lowest BCUT2D eigenvalue weighted by Crippen LogP contribution is -2.44. The van der Waals surface area contributed by atoms with Gasteiger partial charge in [0.15, 0.2) is 0 Å². The molecule has 0 fully saturated rings. The molecule has 2 atom stereocenters. The van der Waals surface area contributed by atoms with E-state index in [9.17, 15) is 5.11 Å². The summed E-state index contributed by atoms with van der Waals surface area (Å²) in [6.07, 6.45) is 7.36. The molecule has 1 aliphatic rings. The molecule has 0 saturated carbocycles. The third kappa shape index (κ3) is 4.38. The van der Waals surface area contributed by atoms with Crippen LogP contribution in [0.1, 0.15) is 49.1 Å². The first-order valence-electron chi connectivity index (χ1n) is 9.54. The number of methoxy groups -OCH3 is 1. The van der Waals surface area contributed by atoms with Crippen molar-refractivity contribution in [2.75, 3.05) is 7.11 Å². The van der Waals surface area contributed by atoms with E-state index in [0.29, 0.717) is 5.75 Å². The van der Waals surface area contributed by atoms with E-state index in [4.69, 9.17) is 13.9 Å². The topological polar surface area (TPSA) is 51.8 Å². The fourth-order valence-corrected chi connectivity index (χ4v) is 3.65. The minimum atomic E-state index is -0.388. The van der Waals surface area contributed by atoms with Crippen molar-refractivity contribution in [1.82, 2.24) is 0 Å². The summed E-state index contributed by atoms with van der Waals surface area (Å²) in [5, 5.41) is 9.95. The van der Waals surface area contributed by atoms with Crippen molar-refractivity contribution in [3.05, 3.63) is 58.6 Å². The Morgan fingerprint density at radius 3 is 2.78 bits per heavy atom. The van der Waals surface area contributed by atoms with Gasteiger partial charge in [-0.3, -0.25) is 0 Å². The zero-order valence-electron chi connectivity index (χ0n) is 17.0. The fourth-order valence-electron chi connectivity index (χ4n) is 3.65. The van der Waals surface area contributed by atoms with Gasteiger partial charge in [-0.2, -0.15) is 0 Å². The van der Waals surface area contributed by atoms with Gasteiger partial charge in [-0.15, -0.1) is 0 Å². The van der Waals surface area contributed by atoms with E-state index >= 15 is 0 Å². The molecule has 3 rings (SSSR count). The highest BCUT2D eigenvalue weighted by molar-refractivity contribution is 5.47. The Kier molecular flexibility index (Phi) is 5.66. The maximum absolute atomic E-state index is 9.95. The first-order valence-corrected chi connectivity index (χ1v) is 9.54. The summed E-state index contributed by atoms with van der Waals surface area (Å²) >= 11 is 0. The molecule has 0 spiro atoms. The number of aryl methyl sites for hydroxylation is 2. The van der Waals surface area contributed by atoms with E-state index in [1.165, 1.54) is 5.57 Å². The molecule has 4 heteroatoms. The van der Waals surface area contributed by atoms with Crippen molar-refractivity contribution in [1.29, 1.82) is 0 Å². The zero-order valence-corrected chi connectivity index (χ0v) is 17.0. The molecule has 0 amide bonds. The predicted octanol–water partition coefficient (Wildman–Crippen LogP) is 5.28. The van der Waals surface area contributed by atoms with Crippen molar-refractivity contribution in [2.45, 2.75) is 65.1 Å². The molecular weight excluding hydrogens is 340 g/mol. The van der Waals surface area contributed by atoms with E-state index in [-0.39, 0.29) is 11.7 Å². The molecule has 0 saturated heterocycles. The molecule has 2 aromatic rings. The lowest BCUT2D eigenvalue weighted by molar-refractivity contribution is -0.0755. The Morgan fingerprint density at radius 1 is 1.33 bits per heavy atom. The Hall–Kier alpha value is -2.20. The molecule has 2 unspecified atom stereocenters. The van der Waals surface area contributed by atoms with Gasteiger partial charge in [0.05, 0.1) is 6.26 Å². The molecule has 0 aliphatic carbocycles. The number of ether oxygens (including phenoxy) is 2. The molecule has 0 radical (unpaired) electrons. The smallest absolute Gasteiger partial charge is 0.131 e. The second-order valence-corrected chi connectivity index (χ2v) is 7.93. The monoisotopic (exact) mass is 370 g/mol. The largest absolute Gasteiger partial charge is 0.508 e. The van der Waals surface area contributed by atoms with Crippen LogP contribution in [0.25, 0.3) is 0 Å². The Bertz CT molecular complexity index is 802. The van der Waals surface area contributed by atoms with Crippen molar-refractivity contribution in [3.8, 4) is 11.5 Å². The number of phenolic OH excluding ortho intramolecular Hbond substituents is 1. The highest BCUT2D eigenvalue weighted by atomic mass is 16.5. The number of allylic oxidation sites excluding steroid dienone is 2. The van der Waals surface area contributed by atoms with Crippen molar-refractivity contribution in [2.24, 2.45) is 0 Å². The molecule has 1 N–H and O–H groups in total. The van der Waals surface area contributed by atoms with Gasteiger partial charge in [0.25, 0.3) is 0 Å². The van der Waals surface area contributed by atoms with Gasteiger partial charge in [-0.05, 0) is 69.9 Å². The number of hydrogen-bond donors (Lipinski definition) is 1. The number of aromatic hydroxyl groups is 1. The van der Waals surface area contributed by atoms with Crippen LogP contribution in [0.15, 0.2) is 40.5 Å². The summed E-state index contributed by atoms with van der Waals surface area (Å²) in [4.78, 5) is 0. The fraction of sp³-hybridized carbons (Fsp3) is 0.478. The van der Waals surface area contributed by atoms with E-state index in [0.717, 1.165) is 53.9 Å². The minimum Gasteiger partial charge on any atom is -0.508 e. The van der Waals surface area contributed by atoms with Gasteiger partial charge in [-0.25, -0.2) is 0 Å². The third-order valence-corrected chi connectivity index (χ3v) is 5.57. The van der Waals surface area contributed by atoms with Gasteiger partial charge in [0, 0.05) is 25.5 Å². The van der Waals surface area contributed by atoms with E-state index in [1.807, 2.05) is 26.0 Å². The second-order valence-electron chi connectivity index (χ2n) is 7.93. The van der Waals surface area contributed by atoms with Gasteiger partial charge in [-0.1, -0.05) is 11.6 Å². The van der Waals surface area contributed by atoms with Crippen LogP contribution in [0.4, 0.5) is 0 Å². The number of furan rings is 1. The quantitative estimate of drug-likeness (QED) is 0.674. The molecule has 4 nitrogen and oxygen atoms in total. The summed E-state index contributed by atoms with van der Waals surface area (Å²) < 4.78 is 17.6. The van der Waals surface area contributed by atoms with Gasteiger partial charge >= 0.3 is 0 Å². The summed E-state index contributed by atoms with van der Waals surface area (Å²) in [6, 6.07) is 5.81. The highest BCUT2D eigenvalue weighted by Crippen LogP contribution is 2.39. The molecule has 146 valence electrons. The van der Waals surface area contributed by atoms with Crippen LogP contribution in [0.2, 0.25) is 0 Å².